The number of benzene rings is 2. The number of amides is 1. The minimum atomic E-state index is -0.222. The van der Waals surface area contributed by atoms with Gasteiger partial charge in [-0.25, -0.2) is 0 Å². The van der Waals surface area contributed by atoms with Crippen molar-refractivity contribution in [2.24, 2.45) is 0 Å². The summed E-state index contributed by atoms with van der Waals surface area (Å²) >= 11 is 0. The third kappa shape index (κ3) is 5.37. The summed E-state index contributed by atoms with van der Waals surface area (Å²) < 4.78 is 10.6. The molecule has 168 valence electrons. The van der Waals surface area contributed by atoms with Gasteiger partial charge in [-0.3, -0.25) is 9.69 Å². The molecule has 0 bridgehead atoms. The second-order valence-corrected chi connectivity index (χ2v) is 8.39. The van der Waals surface area contributed by atoms with Crippen molar-refractivity contribution in [2.45, 2.75) is 38.6 Å². The maximum atomic E-state index is 12.9. The maximum Gasteiger partial charge on any atom is 0.273 e. The Balaban J connectivity index is 1.45. The first-order chi connectivity index (χ1) is 15.6. The van der Waals surface area contributed by atoms with Crippen LogP contribution in [-0.2, 0) is 0 Å². The van der Waals surface area contributed by atoms with E-state index in [1.165, 1.54) is 36.8 Å². The topological polar surface area (TPSA) is 67.6 Å². The average Bonchev–Trinajstić information content (AvgIpc) is 3.17. The molecule has 6 nitrogen and oxygen atoms in total. The molecule has 0 saturated carbocycles. The van der Waals surface area contributed by atoms with Gasteiger partial charge in [0.05, 0.1) is 13.2 Å². The van der Waals surface area contributed by atoms with Crippen LogP contribution in [0.25, 0.3) is 11.3 Å². The van der Waals surface area contributed by atoms with Crippen LogP contribution in [0.15, 0.2) is 59.1 Å². The van der Waals surface area contributed by atoms with Crippen molar-refractivity contribution in [1.29, 1.82) is 0 Å². The van der Waals surface area contributed by atoms with Gasteiger partial charge in [-0.1, -0.05) is 47.8 Å². The molecule has 1 aliphatic heterocycles. The van der Waals surface area contributed by atoms with E-state index < -0.39 is 0 Å². The van der Waals surface area contributed by atoms with Crippen LogP contribution < -0.4 is 10.1 Å². The van der Waals surface area contributed by atoms with Crippen LogP contribution in [0.3, 0.4) is 0 Å². The molecule has 3 aromatic rings. The van der Waals surface area contributed by atoms with E-state index in [0.29, 0.717) is 12.3 Å². The zero-order valence-corrected chi connectivity index (χ0v) is 18.8. The molecule has 0 aliphatic carbocycles. The number of nitrogens with zero attached hydrogens (tertiary/aromatic N) is 2. The van der Waals surface area contributed by atoms with Crippen molar-refractivity contribution in [3.05, 3.63) is 71.4 Å². The van der Waals surface area contributed by atoms with E-state index in [0.717, 1.165) is 24.4 Å². The largest absolute Gasteiger partial charge is 0.497 e. The molecule has 1 amide bonds. The van der Waals surface area contributed by atoms with E-state index in [1.54, 1.807) is 13.2 Å². The second kappa shape index (κ2) is 10.5. The number of rotatable bonds is 7. The standard InChI is InChI=1S/C26H31N3O3/c1-19-7-9-20(10-8-19)24(29-15-5-3-4-6-16-29)18-27-26(30)23-17-25(32-28-23)21-11-13-22(31-2)14-12-21/h7-14,17,24H,3-6,15-16,18H2,1-2H3,(H,27,30)/t24-/m0/s1. The van der Waals surface area contributed by atoms with Crippen LogP contribution in [0.1, 0.15) is 53.3 Å². The molecule has 0 spiro atoms. The Kier molecular flexibility index (Phi) is 7.22. The highest BCUT2D eigenvalue weighted by Gasteiger charge is 2.23. The molecule has 2 heterocycles. The summed E-state index contributed by atoms with van der Waals surface area (Å²) in [4.78, 5) is 15.4. The molecule has 1 aliphatic rings. The normalized spacial score (nSPS) is 15.7. The third-order valence-electron chi connectivity index (χ3n) is 6.12. The van der Waals surface area contributed by atoms with E-state index >= 15 is 0 Å². The lowest BCUT2D eigenvalue weighted by molar-refractivity contribution is 0.0924. The number of hydrogen-bond donors (Lipinski definition) is 1. The van der Waals surface area contributed by atoms with Crippen molar-refractivity contribution in [3.63, 3.8) is 0 Å². The smallest absolute Gasteiger partial charge is 0.273 e. The Bertz CT molecular complexity index is 1000. The minimum Gasteiger partial charge on any atom is -0.497 e. The van der Waals surface area contributed by atoms with E-state index in [2.05, 4.69) is 46.6 Å². The molecule has 1 fully saturated rings. The summed E-state index contributed by atoms with van der Waals surface area (Å²) in [6.07, 6.45) is 4.95. The lowest BCUT2D eigenvalue weighted by Crippen LogP contribution is -2.38. The lowest BCUT2D eigenvalue weighted by atomic mass is 10.0. The van der Waals surface area contributed by atoms with Gasteiger partial charge in [-0.05, 0) is 62.7 Å². The van der Waals surface area contributed by atoms with Crippen molar-refractivity contribution in [3.8, 4) is 17.1 Å². The van der Waals surface area contributed by atoms with Gasteiger partial charge in [0.25, 0.3) is 5.91 Å². The zero-order chi connectivity index (χ0) is 22.3. The SMILES string of the molecule is COc1ccc(-c2cc(C(=O)NC[C@@H](c3ccc(C)cc3)N3CCCCCC3)no2)cc1. The van der Waals surface area contributed by atoms with Gasteiger partial charge in [-0.15, -0.1) is 0 Å². The summed E-state index contributed by atoms with van der Waals surface area (Å²) in [6.45, 7) is 4.74. The van der Waals surface area contributed by atoms with Crippen molar-refractivity contribution < 1.29 is 14.1 Å². The van der Waals surface area contributed by atoms with Crippen molar-refractivity contribution in [1.82, 2.24) is 15.4 Å². The Morgan fingerprint density at radius 1 is 1.06 bits per heavy atom. The fourth-order valence-corrected chi connectivity index (χ4v) is 4.21. The predicted octanol–water partition coefficient (Wildman–Crippen LogP) is 5.01. The van der Waals surface area contributed by atoms with Crippen LogP contribution in [-0.4, -0.2) is 42.7 Å². The van der Waals surface area contributed by atoms with Crippen LogP contribution in [0.4, 0.5) is 0 Å². The van der Waals surface area contributed by atoms with Crippen LogP contribution in [0, 0.1) is 6.92 Å². The van der Waals surface area contributed by atoms with Gasteiger partial charge in [0.15, 0.2) is 11.5 Å². The first-order valence-electron chi connectivity index (χ1n) is 11.3. The third-order valence-corrected chi connectivity index (χ3v) is 6.12. The molecule has 1 aromatic heterocycles. The molecule has 1 N–H and O–H groups in total. The first-order valence-corrected chi connectivity index (χ1v) is 11.3. The predicted molar refractivity (Wildman–Crippen MR) is 125 cm³/mol. The van der Waals surface area contributed by atoms with Gasteiger partial charge in [0, 0.05) is 18.2 Å². The number of carbonyl (C=O) groups excluding carboxylic acids is 1. The molecule has 4 rings (SSSR count). The Hall–Kier alpha value is -3.12. The maximum absolute atomic E-state index is 12.9. The average molecular weight is 434 g/mol. The summed E-state index contributed by atoms with van der Waals surface area (Å²) in [6, 6.07) is 17.9. The van der Waals surface area contributed by atoms with E-state index in [-0.39, 0.29) is 17.6 Å². The molecular formula is C26H31N3O3. The fraction of sp³-hybridized carbons (Fsp3) is 0.385. The van der Waals surface area contributed by atoms with E-state index in [4.69, 9.17) is 9.26 Å². The highest BCUT2D eigenvalue weighted by atomic mass is 16.5. The molecule has 0 unspecified atom stereocenters. The summed E-state index contributed by atoms with van der Waals surface area (Å²) in [7, 11) is 1.63. The fourth-order valence-electron chi connectivity index (χ4n) is 4.21. The summed E-state index contributed by atoms with van der Waals surface area (Å²) in [5.41, 5.74) is 3.60. The van der Waals surface area contributed by atoms with Gasteiger partial charge < -0.3 is 14.6 Å². The first kappa shape index (κ1) is 22.1. The summed E-state index contributed by atoms with van der Waals surface area (Å²) in [5.74, 6) is 1.10. The molecule has 0 radical (unpaired) electrons. The Labute approximate surface area is 189 Å². The number of aryl methyl sites for hydroxylation is 1. The van der Waals surface area contributed by atoms with Gasteiger partial charge in [-0.2, -0.15) is 0 Å². The summed E-state index contributed by atoms with van der Waals surface area (Å²) in [5, 5.41) is 7.08. The Morgan fingerprint density at radius 3 is 2.41 bits per heavy atom. The number of methoxy groups -OCH3 is 1. The molecular weight excluding hydrogens is 402 g/mol. The quantitative estimate of drug-likeness (QED) is 0.568. The van der Waals surface area contributed by atoms with Crippen LogP contribution in [0.2, 0.25) is 0 Å². The highest BCUT2D eigenvalue weighted by molar-refractivity contribution is 5.93. The number of likely N-dealkylation sites (tertiary alicyclic amines) is 1. The number of ether oxygens (including phenoxy) is 1. The van der Waals surface area contributed by atoms with Crippen molar-refractivity contribution in [2.75, 3.05) is 26.7 Å². The molecule has 1 atom stereocenters. The minimum absolute atomic E-state index is 0.144. The molecule has 2 aromatic carbocycles. The van der Waals surface area contributed by atoms with Gasteiger partial charge >= 0.3 is 0 Å². The number of nitrogens with one attached hydrogen (secondary N) is 1. The number of aromatic nitrogens is 1. The molecule has 32 heavy (non-hydrogen) atoms. The molecule has 6 heteroatoms. The number of hydrogen-bond acceptors (Lipinski definition) is 5. The van der Waals surface area contributed by atoms with Gasteiger partial charge in [0.2, 0.25) is 0 Å². The van der Waals surface area contributed by atoms with Crippen molar-refractivity contribution >= 4 is 5.91 Å². The van der Waals surface area contributed by atoms with E-state index in [9.17, 15) is 4.79 Å². The molecule has 1 saturated heterocycles. The van der Waals surface area contributed by atoms with E-state index in [1.807, 2.05) is 24.3 Å². The van der Waals surface area contributed by atoms with Crippen LogP contribution in [0.5, 0.6) is 5.75 Å². The second-order valence-electron chi connectivity index (χ2n) is 8.39. The zero-order valence-electron chi connectivity index (χ0n) is 18.8. The van der Waals surface area contributed by atoms with Gasteiger partial charge in [0.1, 0.15) is 5.75 Å². The lowest BCUT2D eigenvalue weighted by Gasteiger charge is -2.31. The monoisotopic (exact) mass is 433 g/mol. The Morgan fingerprint density at radius 2 is 1.75 bits per heavy atom. The van der Waals surface area contributed by atoms with Crippen LogP contribution >= 0.6 is 0 Å². The number of carbonyl (C=O) groups is 1. The highest BCUT2D eigenvalue weighted by Crippen LogP contribution is 2.25.